The average molecular weight is 274 g/mol. The third kappa shape index (κ3) is 2.66. The lowest BCUT2D eigenvalue weighted by Crippen LogP contribution is -2.41. The summed E-state index contributed by atoms with van der Waals surface area (Å²) in [5.41, 5.74) is 0. The van der Waals surface area contributed by atoms with Gasteiger partial charge in [0.2, 0.25) is 15.9 Å². The van der Waals surface area contributed by atoms with E-state index in [1.807, 2.05) is 5.32 Å². The fourth-order valence-corrected chi connectivity index (χ4v) is 4.39. The van der Waals surface area contributed by atoms with Gasteiger partial charge in [0.05, 0.1) is 5.25 Å². The fraction of sp³-hybridized carbons (Fsp3) is 0.818. The molecule has 6 nitrogen and oxygen atoms in total. The maximum Gasteiger partial charge on any atom is 0.338 e. The molecule has 18 heavy (non-hydrogen) atoms. The first-order valence-corrected chi connectivity index (χ1v) is 7.87. The van der Waals surface area contributed by atoms with Gasteiger partial charge < -0.3 is 0 Å². The Balaban J connectivity index is 2.13. The van der Waals surface area contributed by atoms with Crippen molar-refractivity contribution in [2.75, 3.05) is 6.54 Å². The van der Waals surface area contributed by atoms with Gasteiger partial charge in [0.15, 0.2) is 0 Å². The highest BCUT2D eigenvalue weighted by Crippen LogP contribution is 2.25. The molecule has 1 aliphatic heterocycles. The summed E-state index contributed by atoms with van der Waals surface area (Å²) in [5.74, 6) is -0.547. The molecule has 102 valence electrons. The van der Waals surface area contributed by atoms with Gasteiger partial charge in [0, 0.05) is 0 Å². The van der Waals surface area contributed by atoms with Gasteiger partial charge in [-0.15, -0.1) is 0 Å². The summed E-state index contributed by atoms with van der Waals surface area (Å²) >= 11 is 0. The molecular weight excluding hydrogens is 256 g/mol. The van der Waals surface area contributed by atoms with E-state index in [4.69, 9.17) is 0 Å². The number of nitrogens with zero attached hydrogens (tertiary/aromatic N) is 1. The quantitative estimate of drug-likeness (QED) is 0.761. The molecule has 7 heteroatoms. The van der Waals surface area contributed by atoms with Crippen molar-refractivity contribution in [2.24, 2.45) is 0 Å². The molecule has 0 radical (unpaired) electrons. The van der Waals surface area contributed by atoms with Crippen molar-refractivity contribution in [3.8, 4) is 0 Å². The summed E-state index contributed by atoms with van der Waals surface area (Å²) in [6.45, 7) is -0.363. The van der Waals surface area contributed by atoms with E-state index in [1.54, 1.807) is 0 Å². The zero-order chi connectivity index (χ0) is 13.2. The molecule has 0 unspecified atom stereocenters. The van der Waals surface area contributed by atoms with Crippen LogP contribution in [0.4, 0.5) is 4.79 Å². The molecule has 2 fully saturated rings. The SMILES string of the molecule is O=C1CN(S(=O)(=O)C2CCCCCCC2)C(=O)N1. The van der Waals surface area contributed by atoms with Crippen molar-refractivity contribution >= 4 is 22.0 Å². The highest BCUT2D eigenvalue weighted by molar-refractivity contribution is 7.90. The molecule has 0 spiro atoms. The number of carbonyl (C=O) groups excluding carboxylic acids is 2. The minimum atomic E-state index is -3.68. The molecule has 1 saturated heterocycles. The van der Waals surface area contributed by atoms with Crippen molar-refractivity contribution in [3.63, 3.8) is 0 Å². The Hall–Kier alpha value is -1.11. The Morgan fingerprint density at radius 1 is 1.00 bits per heavy atom. The van der Waals surface area contributed by atoms with E-state index in [2.05, 4.69) is 0 Å². The lowest BCUT2D eigenvalue weighted by Gasteiger charge is -2.24. The van der Waals surface area contributed by atoms with Crippen LogP contribution in [0.15, 0.2) is 0 Å². The second kappa shape index (κ2) is 5.26. The lowest BCUT2D eigenvalue weighted by molar-refractivity contribution is -0.118. The summed E-state index contributed by atoms with van der Waals surface area (Å²) in [6, 6.07) is -0.804. The summed E-state index contributed by atoms with van der Waals surface area (Å²) in [4.78, 5) is 22.5. The van der Waals surface area contributed by atoms with Crippen molar-refractivity contribution in [2.45, 2.75) is 50.2 Å². The second-order valence-electron chi connectivity index (χ2n) is 4.87. The first kappa shape index (κ1) is 13.3. The monoisotopic (exact) mass is 274 g/mol. The maximum absolute atomic E-state index is 12.3. The molecule has 0 bridgehead atoms. The smallest absolute Gasteiger partial charge is 0.276 e. The van der Waals surface area contributed by atoms with Gasteiger partial charge in [0.25, 0.3) is 0 Å². The number of hydrogen-bond acceptors (Lipinski definition) is 4. The standard InChI is InChI=1S/C11H18N2O4S/c14-10-8-13(11(15)12-10)18(16,17)9-6-4-2-1-3-5-7-9/h9H,1-8H2,(H,12,14,15). The van der Waals surface area contributed by atoms with E-state index >= 15 is 0 Å². The van der Waals surface area contributed by atoms with Gasteiger partial charge in [-0.2, -0.15) is 0 Å². The Morgan fingerprint density at radius 3 is 2.06 bits per heavy atom. The number of hydrogen-bond donors (Lipinski definition) is 1. The normalized spacial score (nSPS) is 23.7. The van der Waals surface area contributed by atoms with Crippen molar-refractivity contribution in [1.82, 2.24) is 9.62 Å². The van der Waals surface area contributed by atoms with Crippen molar-refractivity contribution in [1.29, 1.82) is 0 Å². The van der Waals surface area contributed by atoms with Gasteiger partial charge in [-0.3, -0.25) is 10.1 Å². The Morgan fingerprint density at radius 2 is 1.56 bits per heavy atom. The predicted octanol–water partition coefficient (Wildman–Crippen LogP) is 0.981. The number of amides is 3. The van der Waals surface area contributed by atoms with Gasteiger partial charge in [-0.05, 0) is 12.8 Å². The lowest BCUT2D eigenvalue weighted by atomic mass is 10.0. The summed E-state index contributed by atoms with van der Waals surface area (Å²) in [5, 5.41) is 1.49. The van der Waals surface area contributed by atoms with Gasteiger partial charge in [-0.1, -0.05) is 32.1 Å². The minimum Gasteiger partial charge on any atom is -0.276 e. The zero-order valence-corrected chi connectivity index (χ0v) is 11.0. The Labute approximate surface area is 107 Å². The number of imide groups is 1. The topological polar surface area (TPSA) is 83.6 Å². The molecule has 1 N–H and O–H groups in total. The van der Waals surface area contributed by atoms with Crippen LogP contribution in [-0.4, -0.2) is 36.5 Å². The van der Waals surface area contributed by atoms with Crippen LogP contribution in [-0.2, 0) is 14.8 Å². The Kier molecular flexibility index (Phi) is 3.89. The van der Waals surface area contributed by atoms with Crippen LogP contribution in [0.1, 0.15) is 44.9 Å². The first-order chi connectivity index (χ1) is 8.51. The highest BCUT2D eigenvalue weighted by atomic mass is 32.2. The number of sulfonamides is 1. The second-order valence-corrected chi connectivity index (χ2v) is 7.01. The van der Waals surface area contributed by atoms with E-state index in [-0.39, 0.29) is 6.54 Å². The largest absolute Gasteiger partial charge is 0.338 e. The van der Waals surface area contributed by atoms with Crippen LogP contribution in [0, 0.1) is 0 Å². The molecule has 0 aromatic heterocycles. The van der Waals surface area contributed by atoms with Crippen LogP contribution in [0.5, 0.6) is 0 Å². The molecule has 2 aliphatic rings. The number of nitrogens with one attached hydrogen (secondary N) is 1. The highest BCUT2D eigenvalue weighted by Gasteiger charge is 2.40. The minimum absolute atomic E-state index is 0.363. The average Bonchev–Trinajstić information content (AvgIpc) is 2.57. The Bertz CT molecular complexity index is 438. The van der Waals surface area contributed by atoms with Crippen LogP contribution < -0.4 is 5.32 Å². The van der Waals surface area contributed by atoms with Crippen LogP contribution in [0.2, 0.25) is 0 Å². The molecular formula is C11H18N2O4S. The van der Waals surface area contributed by atoms with Gasteiger partial charge in [0.1, 0.15) is 6.54 Å². The molecule has 0 aromatic rings. The zero-order valence-electron chi connectivity index (χ0n) is 10.2. The van der Waals surface area contributed by atoms with E-state index in [0.29, 0.717) is 17.1 Å². The number of rotatable bonds is 2. The molecule has 1 saturated carbocycles. The van der Waals surface area contributed by atoms with Gasteiger partial charge >= 0.3 is 6.03 Å². The van der Waals surface area contributed by atoms with Crippen molar-refractivity contribution < 1.29 is 18.0 Å². The molecule has 2 rings (SSSR count). The van der Waals surface area contributed by atoms with Crippen molar-refractivity contribution in [3.05, 3.63) is 0 Å². The molecule has 1 aliphatic carbocycles. The molecule has 0 atom stereocenters. The van der Waals surface area contributed by atoms with E-state index in [0.717, 1.165) is 32.1 Å². The first-order valence-electron chi connectivity index (χ1n) is 6.37. The molecule has 3 amide bonds. The summed E-state index contributed by atoms with van der Waals surface area (Å²) < 4.78 is 25.3. The number of urea groups is 1. The maximum atomic E-state index is 12.3. The predicted molar refractivity (Wildman–Crippen MR) is 65.3 cm³/mol. The van der Waals surface area contributed by atoms with E-state index < -0.39 is 27.2 Å². The van der Waals surface area contributed by atoms with Crippen LogP contribution in [0.25, 0.3) is 0 Å². The summed E-state index contributed by atoms with van der Waals surface area (Å²) in [7, 11) is -3.68. The third-order valence-corrected chi connectivity index (χ3v) is 5.76. The van der Waals surface area contributed by atoms with Crippen LogP contribution in [0.3, 0.4) is 0 Å². The van der Waals surface area contributed by atoms with E-state index in [1.165, 1.54) is 0 Å². The summed E-state index contributed by atoms with van der Waals surface area (Å²) in [6.07, 6.45) is 6.13. The molecule has 1 heterocycles. The molecule has 0 aromatic carbocycles. The fourth-order valence-electron chi connectivity index (χ4n) is 2.53. The number of carbonyl (C=O) groups is 2. The van der Waals surface area contributed by atoms with Gasteiger partial charge in [-0.25, -0.2) is 17.5 Å². The van der Waals surface area contributed by atoms with E-state index in [9.17, 15) is 18.0 Å². The third-order valence-electron chi connectivity index (χ3n) is 3.54. The van der Waals surface area contributed by atoms with Crippen LogP contribution >= 0.6 is 0 Å².